The molecule has 2 fully saturated rings. The maximum absolute atomic E-state index is 13.0. The number of hydrogen-bond acceptors (Lipinski definition) is 6. The Labute approximate surface area is 192 Å². The summed E-state index contributed by atoms with van der Waals surface area (Å²) in [7, 11) is 0. The van der Waals surface area contributed by atoms with Gasteiger partial charge in [0.15, 0.2) is 0 Å². The third kappa shape index (κ3) is 5.11. The summed E-state index contributed by atoms with van der Waals surface area (Å²) in [6, 6.07) is 16.1. The minimum atomic E-state index is -0.0687. The van der Waals surface area contributed by atoms with Crippen LogP contribution in [-0.4, -0.2) is 43.8 Å². The van der Waals surface area contributed by atoms with E-state index in [1.165, 1.54) is 12.8 Å². The molecule has 6 nitrogen and oxygen atoms in total. The number of nitrogens with one attached hydrogen (secondary N) is 1. The van der Waals surface area contributed by atoms with Crippen LogP contribution in [0.15, 0.2) is 54.7 Å². The molecule has 166 valence electrons. The molecule has 1 saturated carbocycles. The smallest absolute Gasteiger partial charge is 0.261 e. The van der Waals surface area contributed by atoms with E-state index in [-0.39, 0.29) is 5.91 Å². The van der Waals surface area contributed by atoms with Gasteiger partial charge in [0.25, 0.3) is 5.91 Å². The van der Waals surface area contributed by atoms with Crippen LogP contribution in [0.25, 0.3) is 11.1 Å². The molecule has 0 spiro atoms. The predicted octanol–water partition coefficient (Wildman–Crippen LogP) is 4.37. The number of ether oxygens (including phenoxy) is 2. The van der Waals surface area contributed by atoms with Crippen molar-refractivity contribution in [2.75, 3.05) is 37.8 Å². The van der Waals surface area contributed by atoms with E-state index in [9.17, 15) is 4.79 Å². The molecule has 5 rings (SSSR count). The van der Waals surface area contributed by atoms with Crippen LogP contribution in [0.3, 0.4) is 0 Å². The van der Waals surface area contributed by atoms with Gasteiger partial charge in [0.05, 0.1) is 29.7 Å². The van der Waals surface area contributed by atoms with Gasteiger partial charge in [-0.05, 0) is 36.0 Å². The summed E-state index contributed by atoms with van der Waals surface area (Å²) in [6.07, 6.45) is 4.28. The number of benzene rings is 1. The number of thiophene rings is 1. The van der Waals surface area contributed by atoms with E-state index in [2.05, 4.69) is 27.3 Å². The monoisotopic (exact) mass is 449 g/mol. The van der Waals surface area contributed by atoms with E-state index < -0.39 is 0 Å². The Kier molecular flexibility index (Phi) is 6.36. The Morgan fingerprint density at radius 2 is 1.97 bits per heavy atom. The summed E-state index contributed by atoms with van der Waals surface area (Å²) in [4.78, 5) is 20.3. The first-order valence-corrected chi connectivity index (χ1v) is 12.0. The van der Waals surface area contributed by atoms with E-state index >= 15 is 0 Å². The third-order valence-electron chi connectivity index (χ3n) is 5.73. The lowest BCUT2D eigenvalue weighted by Gasteiger charge is -2.28. The van der Waals surface area contributed by atoms with Crippen LogP contribution in [0.2, 0.25) is 0 Å². The van der Waals surface area contributed by atoms with Crippen molar-refractivity contribution in [2.45, 2.75) is 19.4 Å². The fraction of sp³-hybridized carbons (Fsp3) is 0.360. The van der Waals surface area contributed by atoms with E-state index in [1.54, 1.807) is 17.5 Å². The molecule has 2 aromatic heterocycles. The molecule has 3 aromatic rings. The third-order valence-corrected chi connectivity index (χ3v) is 6.93. The Bertz CT molecular complexity index is 1040. The first kappa shape index (κ1) is 21.0. The van der Waals surface area contributed by atoms with Crippen molar-refractivity contribution < 1.29 is 14.3 Å². The van der Waals surface area contributed by atoms with Gasteiger partial charge in [-0.15, -0.1) is 11.3 Å². The van der Waals surface area contributed by atoms with Gasteiger partial charge in [0.1, 0.15) is 0 Å². The number of carbonyl (C=O) groups is 1. The highest BCUT2D eigenvalue weighted by molar-refractivity contribution is 7.18. The van der Waals surface area contributed by atoms with Gasteiger partial charge >= 0.3 is 0 Å². The fourth-order valence-electron chi connectivity index (χ4n) is 3.68. The molecule has 2 aliphatic rings. The molecular weight excluding hydrogens is 422 g/mol. The van der Waals surface area contributed by atoms with Crippen LogP contribution in [0.1, 0.15) is 28.1 Å². The standard InChI is InChI=1S/C25H27N3O3S/c29-24(27-16-19-8-9-23(26-15-19)31-17-18-6-7-18)22-14-21(20-4-2-1-3-5-20)25(32-22)28-10-12-30-13-11-28/h1-5,8-9,14-15,18H,6-7,10-13,16-17H2,(H,27,29). The molecule has 1 aliphatic heterocycles. The van der Waals surface area contributed by atoms with Crippen molar-refractivity contribution in [3.05, 3.63) is 65.2 Å². The number of carbonyl (C=O) groups excluding carboxylic acids is 1. The van der Waals surface area contributed by atoms with Crippen LogP contribution in [0.5, 0.6) is 5.88 Å². The second kappa shape index (κ2) is 9.71. The topological polar surface area (TPSA) is 63.7 Å². The number of anilines is 1. The molecule has 0 atom stereocenters. The van der Waals surface area contributed by atoms with E-state index in [1.807, 2.05) is 36.4 Å². The van der Waals surface area contributed by atoms with Crippen molar-refractivity contribution in [3.8, 4) is 17.0 Å². The quantitative estimate of drug-likeness (QED) is 0.553. The summed E-state index contributed by atoms with van der Waals surface area (Å²) in [6.45, 7) is 4.27. The number of aromatic nitrogens is 1. The summed E-state index contributed by atoms with van der Waals surface area (Å²) < 4.78 is 11.2. The second-order valence-corrected chi connectivity index (χ2v) is 9.27. The maximum Gasteiger partial charge on any atom is 0.261 e. The Morgan fingerprint density at radius 3 is 2.69 bits per heavy atom. The Balaban J connectivity index is 1.27. The minimum absolute atomic E-state index is 0.0687. The normalized spacial score (nSPS) is 16.1. The molecule has 1 aromatic carbocycles. The van der Waals surface area contributed by atoms with Gasteiger partial charge in [0.2, 0.25) is 5.88 Å². The van der Waals surface area contributed by atoms with Crippen LogP contribution in [0, 0.1) is 5.92 Å². The second-order valence-electron chi connectivity index (χ2n) is 8.24. The van der Waals surface area contributed by atoms with Gasteiger partial charge in [-0.25, -0.2) is 4.98 Å². The SMILES string of the molecule is O=C(NCc1ccc(OCC2CC2)nc1)c1cc(-c2ccccc2)c(N2CCOCC2)s1. The van der Waals surface area contributed by atoms with Gasteiger partial charge in [-0.2, -0.15) is 0 Å². The molecule has 32 heavy (non-hydrogen) atoms. The van der Waals surface area contributed by atoms with Crippen LogP contribution in [-0.2, 0) is 11.3 Å². The van der Waals surface area contributed by atoms with Crippen molar-refractivity contribution in [3.63, 3.8) is 0 Å². The van der Waals surface area contributed by atoms with Crippen LogP contribution >= 0.6 is 11.3 Å². The minimum Gasteiger partial charge on any atom is -0.477 e. The van der Waals surface area contributed by atoms with E-state index in [4.69, 9.17) is 9.47 Å². The average Bonchev–Trinajstić information content (AvgIpc) is 3.58. The number of morpholine rings is 1. The van der Waals surface area contributed by atoms with E-state index in [0.717, 1.165) is 41.4 Å². The molecule has 7 heteroatoms. The van der Waals surface area contributed by atoms with Gasteiger partial charge < -0.3 is 19.7 Å². The van der Waals surface area contributed by atoms with Crippen molar-refractivity contribution >= 4 is 22.2 Å². The summed E-state index contributed by atoms with van der Waals surface area (Å²) >= 11 is 1.54. The maximum atomic E-state index is 13.0. The zero-order valence-corrected chi connectivity index (χ0v) is 18.8. The summed E-state index contributed by atoms with van der Waals surface area (Å²) in [5, 5.41) is 4.17. The highest BCUT2D eigenvalue weighted by atomic mass is 32.1. The molecule has 0 radical (unpaired) electrons. The number of rotatable bonds is 8. The van der Waals surface area contributed by atoms with Gasteiger partial charge in [-0.3, -0.25) is 4.79 Å². The van der Waals surface area contributed by atoms with Gasteiger partial charge in [-0.1, -0.05) is 36.4 Å². The average molecular weight is 450 g/mol. The van der Waals surface area contributed by atoms with Crippen LogP contribution < -0.4 is 15.0 Å². The lowest BCUT2D eigenvalue weighted by Crippen LogP contribution is -2.35. The number of pyridine rings is 1. The summed E-state index contributed by atoms with van der Waals surface area (Å²) in [5.74, 6) is 1.28. The zero-order valence-electron chi connectivity index (χ0n) is 18.0. The zero-order chi connectivity index (χ0) is 21.8. The predicted molar refractivity (Wildman–Crippen MR) is 126 cm³/mol. The molecule has 0 unspecified atom stereocenters. The first-order valence-electron chi connectivity index (χ1n) is 11.1. The lowest BCUT2D eigenvalue weighted by molar-refractivity contribution is 0.0955. The fourth-order valence-corrected chi connectivity index (χ4v) is 4.83. The Hall–Kier alpha value is -2.90. The highest BCUT2D eigenvalue weighted by Gasteiger charge is 2.23. The molecule has 1 N–H and O–H groups in total. The number of nitrogens with zero attached hydrogens (tertiary/aromatic N) is 2. The van der Waals surface area contributed by atoms with Crippen LogP contribution in [0.4, 0.5) is 5.00 Å². The van der Waals surface area contributed by atoms with Crippen molar-refractivity contribution in [1.29, 1.82) is 0 Å². The first-order chi connectivity index (χ1) is 15.8. The van der Waals surface area contributed by atoms with Crippen molar-refractivity contribution in [2.24, 2.45) is 5.92 Å². The van der Waals surface area contributed by atoms with E-state index in [0.29, 0.717) is 36.4 Å². The number of hydrogen-bond donors (Lipinski definition) is 1. The lowest BCUT2D eigenvalue weighted by atomic mass is 10.1. The molecule has 1 aliphatic carbocycles. The Morgan fingerprint density at radius 1 is 1.16 bits per heavy atom. The van der Waals surface area contributed by atoms with Gasteiger partial charge in [0, 0.05) is 37.5 Å². The molecule has 3 heterocycles. The molecule has 1 saturated heterocycles. The molecular formula is C25H27N3O3S. The largest absolute Gasteiger partial charge is 0.477 e. The molecule has 1 amide bonds. The molecule has 0 bridgehead atoms. The van der Waals surface area contributed by atoms with Crippen molar-refractivity contribution in [1.82, 2.24) is 10.3 Å². The number of amides is 1. The summed E-state index contributed by atoms with van der Waals surface area (Å²) in [5.41, 5.74) is 3.17. The highest BCUT2D eigenvalue weighted by Crippen LogP contribution is 2.39.